The zero-order valence-corrected chi connectivity index (χ0v) is 14.2. The zero-order chi connectivity index (χ0) is 16.4. The lowest BCUT2D eigenvalue weighted by Gasteiger charge is -2.26. The van der Waals surface area contributed by atoms with Crippen LogP contribution in [0.4, 0.5) is 0 Å². The molecule has 1 aromatic heterocycles. The Morgan fingerprint density at radius 1 is 1.35 bits per heavy atom. The summed E-state index contributed by atoms with van der Waals surface area (Å²) in [6, 6.07) is 3.60. The molecule has 1 aliphatic heterocycles. The molecule has 124 valence electrons. The number of rotatable bonds is 2. The van der Waals surface area contributed by atoms with Crippen molar-refractivity contribution < 1.29 is 13.5 Å². The predicted octanol–water partition coefficient (Wildman–Crippen LogP) is 1.71. The summed E-state index contributed by atoms with van der Waals surface area (Å²) >= 11 is 6.18. The fourth-order valence-corrected chi connectivity index (χ4v) is 5.34. The highest BCUT2D eigenvalue weighted by molar-refractivity contribution is 7.88. The van der Waals surface area contributed by atoms with Crippen molar-refractivity contribution in [1.82, 2.24) is 14.5 Å². The smallest absolute Gasteiger partial charge is 0.211 e. The molecule has 0 bridgehead atoms. The lowest BCUT2D eigenvalue weighted by atomic mass is 9.89. The molecule has 6 nitrogen and oxygen atoms in total. The van der Waals surface area contributed by atoms with Gasteiger partial charge in [0.25, 0.3) is 0 Å². The Morgan fingerprint density at radius 3 is 2.61 bits per heavy atom. The number of halogens is 1. The quantitative estimate of drug-likeness (QED) is 0.858. The number of nitrogens with zero attached hydrogens (tertiary/aromatic N) is 2. The molecule has 2 heterocycles. The first kappa shape index (κ1) is 15.4. The van der Waals surface area contributed by atoms with E-state index in [-0.39, 0.29) is 11.8 Å². The van der Waals surface area contributed by atoms with Gasteiger partial charge in [-0.3, -0.25) is 5.10 Å². The highest BCUT2D eigenvalue weighted by Gasteiger charge is 2.51. The molecular formula is C15H18ClN3O3S. The molecule has 2 N–H and O–H groups in total. The molecule has 8 heteroatoms. The average Bonchev–Trinajstić information content (AvgIpc) is 3.09. The van der Waals surface area contributed by atoms with Crippen molar-refractivity contribution in [2.75, 3.05) is 19.3 Å². The number of aliphatic hydroxyl groups is 1. The van der Waals surface area contributed by atoms with E-state index in [4.69, 9.17) is 11.6 Å². The van der Waals surface area contributed by atoms with Crippen LogP contribution in [0.15, 0.2) is 18.3 Å². The number of H-pyrrole nitrogens is 1. The third-order valence-corrected chi connectivity index (χ3v) is 6.68. The van der Waals surface area contributed by atoms with Gasteiger partial charge >= 0.3 is 0 Å². The van der Waals surface area contributed by atoms with Gasteiger partial charge in [-0.15, -0.1) is 0 Å². The topological polar surface area (TPSA) is 86.3 Å². The van der Waals surface area contributed by atoms with Gasteiger partial charge < -0.3 is 5.11 Å². The van der Waals surface area contributed by atoms with Crippen molar-refractivity contribution in [3.8, 4) is 0 Å². The molecule has 1 aromatic carbocycles. The second-order valence-corrected chi connectivity index (χ2v) is 9.25. The van der Waals surface area contributed by atoms with Crippen LogP contribution in [0.3, 0.4) is 0 Å². The zero-order valence-electron chi connectivity index (χ0n) is 12.7. The summed E-state index contributed by atoms with van der Waals surface area (Å²) in [7, 11) is -3.16. The van der Waals surface area contributed by atoms with E-state index in [2.05, 4.69) is 10.2 Å². The Morgan fingerprint density at radius 2 is 2.00 bits per heavy atom. The Bertz CT molecular complexity index is 865. The first-order valence-electron chi connectivity index (χ1n) is 7.57. The summed E-state index contributed by atoms with van der Waals surface area (Å²) in [6.45, 7) is 0.969. The maximum absolute atomic E-state index is 11.7. The Kier molecular flexibility index (Phi) is 3.29. The maximum atomic E-state index is 11.7. The van der Waals surface area contributed by atoms with Crippen molar-refractivity contribution in [1.29, 1.82) is 0 Å². The minimum Gasteiger partial charge on any atom is -0.385 e. The van der Waals surface area contributed by atoms with Crippen molar-refractivity contribution in [3.63, 3.8) is 0 Å². The first-order valence-corrected chi connectivity index (χ1v) is 9.79. The molecule has 1 saturated heterocycles. The molecule has 2 fully saturated rings. The molecular weight excluding hydrogens is 338 g/mol. The number of benzene rings is 1. The number of nitrogens with one attached hydrogen (secondary N) is 1. The number of aromatic nitrogens is 2. The molecule has 2 aromatic rings. The van der Waals surface area contributed by atoms with E-state index >= 15 is 0 Å². The van der Waals surface area contributed by atoms with E-state index in [0.29, 0.717) is 31.0 Å². The van der Waals surface area contributed by atoms with Crippen LogP contribution >= 0.6 is 11.6 Å². The molecule has 3 atom stereocenters. The van der Waals surface area contributed by atoms with Crippen LogP contribution in [0, 0.1) is 11.8 Å². The van der Waals surface area contributed by atoms with Crippen LogP contribution < -0.4 is 0 Å². The van der Waals surface area contributed by atoms with Crippen LogP contribution in [-0.4, -0.2) is 47.4 Å². The summed E-state index contributed by atoms with van der Waals surface area (Å²) in [6.07, 6.45) is 4.01. The summed E-state index contributed by atoms with van der Waals surface area (Å²) in [5.41, 5.74) is 0.573. The Labute approximate surface area is 139 Å². The van der Waals surface area contributed by atoms with E-state index < -0.39 is 15.6 Å². The average molecular weight is 356 g/mol. The monoisotopic (exact) mass is 355 g/mol. The number of aromatic amines is 1. The number of hydrogen-bond acceptors (Lipinski definition) is 4. The Balaban J connectivity index is 1.68. The van der Waals surface area contributed by atoms with E-state index in [0.717, 1.165) is 16.5 Å². The second kappa shape index (κ2) is 4.92. The normalized spacial score (nSPS) is 31.8. The van der Waals surface area contributed by atoms with Gasteiger partial charge in [-0.1, -0.05) is 11.6 Å². The van der Waals surface area contributed by atoms with Gasteiger partial charge in [0.1, 0.15) is 0 Å². The van der Waals surface area contributed by atoms with Crippen molar-refractivity contribution in [2.45, 2.75) is 18.4 Å². The van der Waals surface area contributed by atoms with Crippen LogP contribution in [0.1, 0.15) is 18.4 Å². The number of sulfonamides is 1. The standard InChI is InChI=1S/C15H18ClN3O3S/c1-23(21,22)19-7-10-4-15(20,5-11(10)8-19)13-3-12(16)2-9-6-17-18-14(9)13/h2-3,6,10-11,20H,4-5,7-8H2,1H3,(H,17,18)/t10-,11+,15+. The lowest BCUT2D eigenvalue weighted by molar-refractivity contribution is 0.0352. The first-order chi connectivity index (χ1) is 10.8. The van der Waals surface area contributed by atoms with E-state index in [9.17, 15) is 13.5 Å². The fourth-order valence-electron chi connectivity index (χ4n) is 4.19. The SMILES string of the molecule is CS(=O)(=O)N1C[C@@H]2C[C@](O)(c3cc(Cl)cc4cn[nH]c34)C[C@@H]2C1. The van der Waals surface area contributed by atoms with Gasteiger partial charge in [0, 0.05) is 29.1 Å². The molecule has 2 aliphatic rings. The highest BCUT2D eigenvalue weighted by atomic mass is 35.5. The fraction of sp³-hybridized carbons (Fsp3) is 0.533. The van der Waals surface area contributed by atoms with Crippen LogP contribution in [0.5, 0.6) is 0 Å². The molecule has 0 unspecified atom stereocenters. The summed E-state index contributed by atoms with van der Waals surface area (Å²) in [5.74, 6) is 0.346. The molecule has 0 radical (unpaired) electrons. The van der Waals surface area contributed by atoms with Crippen molar-refractivity contribution in [2.24, 2.45) is 11.8 Å². The van der Waals surface area contributed by atoms with E-state index in [1.807, 2.05) is 6.07 Å². The Hall–Kier alpha value is -1.15. The molecule has 0 amide bonds. The minimum atomic E-state index is -3.16. The van der Waals surface area contributed by atoms with Crippen LogP contribution in [0.2, 0.25) is 5.02 Å². The number of fused-ring (bicyclic) bond motifs is 2. The van der Waals surface area contributed by atoms with E-state index in [1.54, 1.807) is 12.3 Å². The van der Waals surface area contributed by atoms with Gasteiger partial charge in [-0.25, -0.2) is 12.7 Å². The molecule has 1 aliphatic carbocycles. The summed E-state index contributed by atoms with van der Waals surface area (Å²) < 4.78 is 24.9. The van der Waals surface area contributed by atoms with Gasteiger partial charge in [-0.2, -0.15) is 5.10 Å². The molecule has 0 spiro atoms. The lowest BCUT2D eigenvalue weighted by Crippen LogP contribution is -2.31. The maximum Gasteiger partial charge on any atom is 0.211 e. The van der Waals surface area contributed by atoms with Crippen LogP contribution in [0.25, 0.3) is 10.9 Å². The summed E-state index contributed by atoms with van der Waals surface area (Å²) in [4.78, 5) is 0. The minimum absolute atomic E-state index is 0.173. The summed E-state index contributed by atoms with van der Waals surface area (Å²) in [5, 5.41) is 19.6. The van der Waals surface area contributed by atoms with Gasteiger partial charge in [0.15, 0.2) is 0 Å². The highest BCUT2D eigenvalue weighted by Crippen LogP contribution is 2.50. The number of hydrogen-bond donors (Lipinski definition) is 2. The second-order valence-electron chi connectivity index (χ2n) is 6.83. The van der Waals surface area contributed by atoms with Gasteiger partial charge in [-0.05, 0) is 36.8 Å². The predicted molar refractivity (Wildman–Crippen MR) is 87.6 cm³/mol. The van der Waals surface area contributed by atoms with Crippen molar-refractivity contribution >= 4 is 32.5 Å². The molecule has 23 heavy (non-hydrogen) atoms. The largest absolute Gasteiger partial charge is 0.385 e. The molecule has 1 saturated carbocycles. The van der Waals surface area contributed by atoms with Crippen LogP contribution in [-0.2, 0) is 15.6 Å². The van der Waals surface area contributed by atoms with Gasteiger partial charge in [0.2, 0.25) is 10.0 Å². The molecule has 4 rings (SSSR count). The van der Waals surface area contributed by atoms with E-state index in [1.165, 1.54) is 10.6 Å². The van der Waals surface area contributed by atoms with Crippen molar-refractivity contribution in [3.05, 3.63) is 28.9 Å². The van der Waals surface area contributed by atoms with Gasteiger partial charge in [0.05, 0.1) is 23.6 Å². The third kappa shape index (κ3) is 2.46. The third-order valence-electron chi connectivity index (χ3n) is 5.23.